The summed E-state index contributed by atoms with van der Waals surface area (Å²) in [6.07, 6.45) is 4.32. The molecule has 2 N–H and O–H groups in total. The van der Waals surface area contributed by atoms with Crippen molar-refractivity contribution in [1.29, 1.82) is 0 Å². The molecule has 2 rings (SSSR count). The van der Waals surface area contributed by atoms with Gasteiger partial charge in [0.15, 0.2) is 0 Å². The molecule has 1 aromatic heterocycles. The molecule has 112 valence electrons. The number of rotatable bonds is 6. The lowest BCUT2D eigenvalue weighted by atomic mass is 10.2. The highest BCUT2D eigenvalue weighted by Crippen LogP contribution is 2.20. The molecule has 21 heavy (non-hydrogen) atoms. The highest BCUT2D eigenvalue weighted by Gasteiger charge is 2.06. The molecule has 0 bridgehead atoms. The van der Waals surface area contributed by atoms with Gasteiger partial charge < -0.3 is 15.2 Å². The molecule has 1 heterocycles. The zero-order chi connectivity index (χ0) is 15.2. The SMILES string of the molecule is CCCCn1cc(C)nc1Nc1cccc(NC(C)=O)c1. The Morgan fingerprint density at radius 2 is 2.10 bits per heavy atom. The normalized spacial score (nSPS) is 10.4. The van der Waals surface area contributed by atoms with E-state index in [-0.39, 0.29) is 5.91 Å². The Balaban J connectivity index is 2.15. The van der Waals surface area contributed by atoms with Gasteiger partial charge in [0, 0.05) is 31.0 Å². The number of benzene rings is 1. The molecule has 0 radical (unpaired) electrons. The van der Waals surface area contributed by atoms with Gasteiger partial charge in [0.1, 0.15) is 0 Å². The van der Waals surface area contributed by atoms with Crippen LogP contribution >= 0.6 is 0 Å². The highest BCUT2D eigenvalue weighted by atomic mass is 16.1. The highest BCUT2D eigenvalue weighted by molar-refractivity contribution is 5.89. The van der Waals surface area contributed by atoms with Crippen LogP contribution < -0.4 is 10.6 Å². The Hall–Kier alpha value is -2.30. The van der Waals surface area contributed by atoms with Gasteiger partial charge in [0.05, 0.1) is 5.69 Å². The van der Waals surface area contributed by atoms with Crippen LogP contribution in [0.25, 0.3) is 0 Å². The lowest BCUT2D eigenvalue weighted by molar-refractivity contribution is -0.114. The number of carbonyl (C=O) groups is 1. The van der Waals surface area contributed by atoms with E-state index in [1.165, 1.54) is 6.92 Å². The molecule has 0 saturated carbocycles. The van der Waals surface area contributed by atoms with E-state index in [0.717, 1.165) is 42.4 Å². The summed E-state index contributed by atoms with van der Waals surface area (Å²) in [4.78, 5) is 15.6. The van der Waals surface area contributed by atoms with Crippen molar-refractivity contribution in [3.05, 3.63) is 36.2 Å². The Kier molecular flexibility index (Phi) is 4.98. The Labute approximate surface area is 125 Å². The van der Waals surface area contributed by atoms with E-state index in [9.17, 15) is 4.79 Å². The largest absolute Gasteiger partial charge is 0.326 e. The van der Waals surface area contributed by atoms with Gasteiger partial charge in [-0.15, -0.1) is 0 Å². The number of carbonyl (C=O) groups excluding carboxylic acids is 1. The van der Waals surface area contributed by atoms with Crippen LogP contribution in [0.15, 0.2) is 30.5 Å². The number of aromatic nitrogens is 2. The van der Waals surface area contributed by atoms with E-state index in [2.05, 4.69) is 33.3 Å². The van der Waals surface area contributed by atoms with Crippen LogP contribution in [0.4, 0.5) is 17.3 Å². The second-order valence-corrected chi connectivity index (χ2v) is 5.14. The van der Waals surface area contributed by atoms with E-state index in [0.29, 0.717) is 0 Å². The van der Waals surface area contributed by atoms with Crippen molar-refractivity contribution in [2.45, 2.75) is 40.2 Å². The summed E-state index contributed by atoms with van der Waals surface area (Å²) in [5.41, 5.74) is 2.67. The molecule has 0 aliphatic heterocycles. The summed E-state index contributed by atoms with van der Waals surface area (Å²) in [6, 6.07) is 7.62. The molecular weight excluding hydrogens is 264 g/mol. The quantitative estimate of drug-likeness (QED) is 0.851. The van der Waals surface area contributed by atoms with Crippen molar-refractivity contribution in [3.8, 4) is 0 Å². The molecule has 0 unspecified atom stereocenters. The molecule has 0 saturated heterocycles. The molecule has 5 heteroatoms. The van der Waals surface area contributed by atoms with Gasteiger partial charge in [-0.05, 0) is 31.5 Å². The monoisotopic (exact) mass is 286 g/mol. The maximum Gasteiger partial charge on any atom is 0.221 e. The number of anilines is 3. The number of aryl methyl sites for hydroxylation is 2. The predicted octanol–water partition coefficient (Wildman–Crippen LogP) is 3.69. The maximum absolute atomic E-state index is 11.1. The second kappa shape index (κ2) is 6.92. The molecule has 1 aromatic carbocycles. The predicted molar refractivity (Wildman–Crippen MR) is 85.9 cm³/mol. The summed E-state index contributed by atoms with van der Waals surface area (Å²) in [7, 11) is 0. The van der Waals surface area contributed by atoms with Crippen molar-refractivity contribution >= 4 is 23.2 Å². The summed E-state index contributed by atoms with van der Waals surface area (Å²) >= 11 is 0. The Morgan fingerprint density at radius 3 is 2.81 bits per heavy atom. The van der Waals surface area contributed by atoms with Gasteiger partial charge in [-0.1, -0.05) is 19.4 Å². The third kappa shape index (κ3) is 4.34. The van der Waals surface area contributed by atoms with Gasteiger partial charge in [-0.25, -0.2) is 4.98 Å². The Bertz CT molecular complexity index is 618. The van der Waals surface area contributed by atoms with Crippen LogP contribution in [0.5, 0.6) is 0 Å². The molecule has 0 spiro atoms. The summed E-state index contributed by atoms with van der Waals surface area (Å²) < 4.78 is 2.13. The minimum Gasteiger partial charge on any atom is -0.326 e. The summed E-state index contributed by atoms with van der Waals surface area (Å²) in [6.45, 7) is 6.61. The minimum absolute atomic E-state index is 0.0764. The zero-order valence-electron chi connectivity index (χ0n) is 12.8. The van der Waals surface area contributed by atoms with Crippen LogP contribution in [-0.2, 0) is 11.3 Å². The van der Waals surface area contributed by atoms with Crippen molar-refractivity contribution in [3.63, 3.8) is 0 Å². The van der Waals surface area contributed by atoms with Crippen LogP contribution in [0.3, 0.4) is 0 Å². The molecule has 0 aliphatic rings. The topological polar surface area (TPSA) is 59.0 Å². The van der Waals surface area contributed by atoms with Gasteiger partial charge in [0.25, 0.3) is 0 Å². The average molecular weight is 286 g/mol. The maximum atomic E-state index is 11.1. The van der Waals surface area contributed by atoms with Gasteiger partial charge in [-0.2, -0.15) is 0 Å². The van der Waals surface area contributed by atoms with E-state index >= 15 is 0 Å². The summed E-state index contributed by atoms with van der Waals surface area (Å²) in [5.74, 6) is 0.758. The van der Waals surface area contributed by atoms with E-state index < -0.39 is 0 Å². The van der Waals surface area contributed by atoms with Crippen molar-refractivity contribution in [1.82, 2.24) is 9.55 Å². The molecule has 5 nitrogen and oxygen atoms in total. The molecule has 0 atom stereocenters. The zero-order valence-corrected chi connectivity index (χ0v) is 12.8. The Morgan fingerprint density at radius 1 is 1.33 bits per heavy atom. The smallest absolute Gasteiger partial charge is 0.221 e. The van der Waals surface area contributed by atoms with E-state index in [1.54, 1.807) is 0 Å². The van der Waals surface area contributed by atoms with Crippen molar-refractivity contribution < 1.29 is 4.79 Å². The standard InChI is InChI=1S/C16H22N4O/c1-4-5-9-20-11-12(2)17-16(20)19-15-8-6-7-14(10-15)18-13(3)21/h6-8,10-11H,4-5,9H2,1-3H3,(H,17,19)(H,18,21). The first kappa shape index (κ1) is 15.1. The molecular formula is C16H22N4O. The molecule has 0 aliphatic carbocycles. The molecule has 1 amide bonds. The number of amides is 1. The van der Waals surface area contributed by atoms with Crippen LogP contribution in [0.2, 0.25) is 0 Å². The number of hydrogen-bond donors (Lipinski definition) is 2. The third-order valence-electron chi connectivity index (χ3n) is 3.09. The van der Waals surface area contributed by atoms with Gasteiger partial charge in [-0.3, -0.25) is 4.79 Å². The number of hydrogen-bond acceptors (Lipinski definition) is 3. The van der Waals surface area contributed by atoms with Crippen molar-refractivity contribution in [2.75, 3.05) is 10.6 Å². The molecule has 2 aromatic rings. The van der Waals surface area contributed by atoms with E-state index in [4.69, 9.17) is 0 Å². The number of unbranched alkanes of at least 4 members (excludes halogenated alkanes) is 1. The van der Waals surface area contributed by atoms with Crippen LogP contribution in [-0.4, -0.2) is 15.5 Å². The number of nitrogens with one attached hydrogen (secondary N) is 2. The van der Waals surface area contributed by atoms with Gasteiger partial charge >= 0.3 is 0 Å². The lowest BCUT2D eigenvalue weighted by Crippen LogP contribution is -2.06. The van der Waals surface area contributed by atoms with Crippen molar-refractivity contribution in [2.24, 2.45) is 0 Å². The average Bonchev–Trinajstić information content (AvgIpc) is 2.76. The first-order valence-corrected chi connectivity index (χ1v) is 7.27. The number of nitrogens with zero attached hydrogens (tertiary/aromatic N) is 2. The summed E-state index contributed by atoms with van der Waals surface area (Å²) in [5, 5.41) is 6.10. The van der Waals surface area contributed by atoms with Gasteiger partial charge in [0.2, 0.25) is 11.9 Å². The number of imidazole rings is 1. The van der Waals surface area contributed by atoms with Crippen LogP contribution in [0, 0.1) is 6.92 Å². The molecule has 0 fully saturated rings. The fraction of sp³-hybridized carbons (Fsp3) is 0.375. The fourth-order valence-electron chi connectivity index (χ4n) is 2.15. The minimum atomic E-state index is -0.0764. The third-order valence-corrected chi connectivity index (χ3v) is 3.09. The van der Waals surface area contributed by atoms with Crippen LogP contribution in [0.1, 0.15) is 32.4 Å². The first-order chi connectivity index (χ1) is 10.1. The lowest BCUT2D eigenvalue weighted by Gasteiger charge is -2.10. The first-order valence-electron chi connectivity index (χ1n) is 7.27. The fourth-order valence-corrected chi connectivity index (χ4v) is 2.15. The van der Waals surface area contributed by atoms with E-state index in [1.807, 2.05) is 31.2 Å². The second-order valence-electron chi connectivity index (χ2n) is 5.14.